The zero-order chi connectivity index (χ0) is 11.4. The van der Waals surface area contributed by atoms with Crippen LogP contribution < -0.4 is 5.32 Å². The van der Waals surface area contributed by atoms with E-state index in [4.69, 9.17) is 9.68 Å². The van der Waals surface area contributed by atoms with Crippen molar-refractivity contribution >= 4 is 11.6 Å². The Balaban J connectivity index is 2.16. The van der Waals surface area contributed by atoms with Crippen molar-refractivity contribution in [1.82, 2.24) is 4.98 Å². The summed E-state index contributed by atoms with van der Waals surface area (Å²) >= 11 is 0. The molecule has 0 saturated heterocycles. The van der Waals surface area contributed by atoms with Gasteiger partial charge >= 0.3 is 0 Å². The Hall–Kier alpha value is -2.61. The lowest BCUT2D eigenvalue weighted by atomic mass is 10.2. The molecule has 5 heteroatoms. The maximum Gasteiger partial charge on any atom is 0.277 e. The van der Waals surface area contributed by atoms with E-state index in [-0.39, 0.29) is 11.6 Å². The lowest BCUT2D eigenvalue weighted by molar-refractivity contribution is 0.102. The SMILES string of the molecule is N#Cc1cccc(NC(=O)c2cocn2)c1. The van der Waals surface area contributed by atoms with Crippen molar-refractivity contribution < 1.29 is 9.21 Å². The molecule has 0 aliphatic rings. The molecule has 1 heterocycles. The van der Waals surface area contributed by atoms with Crippen LogP contribution in [0.2, 0.25) is 0 Å². The molecule has 2 rings (SSSR count). The van der Waals surface area contributed by atoms with Gasteiger partial charge in [0.1, 0.15) is 6.26 Å². The van der Waals surface area contributed by atoms with Crippen LogP contribution in [0, 0.1) is 11.3 Å². The highest BCUT2D eigenvalue weighted by atomic mass is 16.3. The maximum atomic E-state index is 11.6. The van der Waals surface area contributed by atoms with E-state index < -0.39 is 0 Å². The smallest absolute Gasteiger partial charge is 0.277 e. The summed E-state index contributed by atoms with van der Waals surface area (Å²) in [5.74, 6) is -0.371. The van der Waals surface area contributed by atoms with Crippen LogP contribution in [0.5, 0.6) is 0 Å². The van der Waals surface area contributed by atoms with Gasteiger partial charge in [-0.1, -0.05) is 6.07 Å². The van der Waals surface area contributed by atoms with Crippen molar-refractivity contribution in [3.63, 3.8) is 0 Å². The van der Waals surface area contributed by atoms with Gasteiger partial charge in [0, 0.05) is 5.69 Å². The van der Waals surface area contributed by atoms with Crippen LogP contribution >= 0.6 is 0 Å². The first-order valence-electron chi connectivity index (χ1n) is 4.49. The van der Waals surface area contributed by atoms with Crippen molar-refractivity contribution in [3.8, 4) is 6.07 Å². The molecule has 0 aliphatic heterocycles. The van der Waals surface area contributed by atoms with Crippen LogP contribution in [0.25, 0.3) is 0 Å². The van der Waals surface area contributed by atoms with Crippen molar-refractivity contribution in [2.24, 2.45) is 0 Å². The Morgan fingerprint density at radius 1 is 1.50 bits per heavy atom. The van der Waals surface area contributed by atoms with Crippen molar-refractivity contribution in [2.75, 3.05) is 5.32 Å². The van der Waals surface area contributed by atoms with Gasteiger partial charge in [0.15, 0.2) is 12.1 Å². The van der Waals surface area contributed by atoms with Gasteiger partial charge in [0.05, 0.1) is 11.6 Å². The van der Waals surface area contributed by atoms with E-state index in [1.807, 2.05) is 6.07 Å². The highest BCUT2D eigenvalue weighted by molar-refractivity contribution is 6.02. The number of hydrogen-bond acceptors (Lipinski definition) is 4. The molecule has 2 aromatic rings. The van der Waals surface area contributed by atoms with Crippen molar-refractivity contribution in [2.45, 2.75) is 0 Å². The predicted molar refractivity (Wildman–Crippen MR) is 55.6 cm³/mol. The van der Waals surface area contributed by atoms with E-state index in [1.54, 1.807) is 24.3 Å². The van der Waals surface area contributed by atoms with E-state index in [1.165, 1.54) is 12.7 Å². The molecule has 0 radical (unpaired) electrons. The summed E-state index contributed by atoms with van der Waals surface area (Å²) in [6.45, 7) is 0. The summed E-state index contributed by atoms with van der Waals surface area (Å²) in [7, 11) is 0. The fraction of sp³-hybridized carbons (Fsp3) is 0. The molecule has 1 aromatic carbocycles. The Morgan fingerprint density at radius 2 is 2.38 bits per heavy atom. The Labute approximate surface area is 91.3 Å². The molecular weight excluding hydrogens is 206 g/mol. The van der Waals surface area contributed by atoms with E-state index >= 15 is 0 Å². The third-order valence-electron chi connectivity index (χ3n) is 1.91. The van der Waals surface area contributed by atoms with Gasteiger partial charge < -0.3 is 9.73 Å². The number of nitrogens with zero attached hydrogens (tertiary/aromatic N) is 2. The average Bonchev–Trinajstić information content (AvgIpc) is 2.83. The first-order valence-corrected chi connectivity index (χ1v) is 4.49. The quantitative estimate of drug-likeness (QED) is 0.824. The zero-order valence-electron chi connectivity index (χ0n) is 8.18. The second-order valence-electron chi connectivity index (χ2n) is 3.02. The minimum atomic E-state index is -0.371. The number of aromatic nitrogens is 1. The standard InChI is InChI=1S/C11H7N3O2/c12-5-8-2-1-3-9(4-8)14-11(15)10-6-16-7-13-10/h1-4,6-7H,(H,14,15). The number of nitrogens with one attached hydrogen (secondary N) is 1. The fourth-order valence-corrected chi connectivity index (χ4v) is 1.19. The largest absolute Gasteiger partial charge is 0.451 e. The number of benzene rings is 1. The molecule has 0 saturated carbocycles. The molecule has 0 unspecified atom stereocenters. The monoisotopic (exact) mass is 213 g/mol. The van der Waals surface area contributed by atoms with E-state index in [0.29, 0.717) is 11.3 Å². The third kappa shape index (κ3) is 2.07. The summed E-state index contributed by atoms with van der Waals surface area (Å²) in [5, 5.41) is 11.3. The molecule has 0 atom stereocenters. The lowest BCUT2D eigenvalue weighted by Crippen LogP contribution is -2.12. The number of amides is 1. The van der Waals surface area contributed by atoms with Gasteiger partial charge in [-0.05, 0) is 18.2 Å². The number of anilines is 1. The van der Waals surface area contributed by atoms with Crippen LogP contribution in [-0.4, -0.2) is 10.9 Å². The second-order valence-corrected chi connectivity index (χ2v) is 3.02. The highest BCUT2D eigenvalue weighted by Gasteiger charge is 2.08. The molecule has 0 fully saturated rings. The minimum Gasteiger partial charge on any atom is -0.451 e. The Morgan fingerprint density at radius 3 is 3.06 bits per heavy atom. The topological polar surface area (TPSA) is 78.9 Å². The normalized spacial score (nSPS) is 9.44. The number of rotatable bonds is 2. The van der Waals surface area contributed by atoms with Gasteiger partial charge in [-0.3, -0.25) is 4.79 Å². The number of carbonyl (C=O) groups is 1. The first kappa shape index (κ1) is 9.93. The average molecular weight is 213 g/mol. The number of carbonyl (C=O) groups excluding carboxylic acids is 1. The summed E-state index contributed by atoms with van der Waals surface area (Å²) in [4.78, 5) is 15.3. The summed E-state index contributed by atoms with van der Waals surface area (Å²) in [5.41, 5.74) is 1.23. The van der Waals surface area contributed by atoms with Gasteiger partial charge in [0.2, 0.25) is 0 Å². The van der Waals surface area contributed by atoms with Crippen LogP contribution in [-0.2, 0) is 0 Å². The summed E-state index contributed by atoms with van der Waals surface area (Å²) in [6, 6.07) is 8.61. The van der Waals surface area contributed by atoms with Crippen molar-refractivity contribution in [1.29, 1.82) is 5.26 Å². The van der Waals surface area contributed by atoms with Crippen molar-refractivity contribution in [3.05, 3.63) is 48.2 Å². The van der Waals surface area contributed by atoms with Crippen LogP contribution in [0.1, 0.15) is 16.1 Å². The van der Waals surface area contributed by atoms with Gasteiger partial charge in [-0.2, -0.15) is 5.26 Å². The first-order chi connectivity index (χ1) is 7.79. The lowest BCUT2D eigenvalue weighted by Gasteiger charge is -2.02. The van der Waals surface area contributed by atoms with Gasteiger partial charge in [0.25, 0.3) is 5.91 Å². The second kappa shape index (κ2) is 4.28. The molecule has 16 heavy (non-hydrogen) atoms. The van der Waals surface area contributed by atoms with Crippen LogP contribution in [0.4, 0.5) is 5.69 Å². The van der Waals surface area contributed by atoms with E-state index in [2.05, 4.69) is 10.3 Å². The van der Waals surface area contributed by atoms with E-state index in [9.17, 15) is 4.79 Å². The number of nitriles is 1. The molecule has 78 valence electrons. The maximum absolute atomic E-state index is 11.6. The Bertz CT molecular complexity index is 541. The highest BCUT2D eigenvalue weighted by Crippen LogP contribution is 2.10. The number of oxazole rings is 1. The summed E-state index contributed by atoms with van der Waals surface area (Å²) in [6.07, 6.45) is 2.43. The Kier molecular flexibility index (Phi) is 2.65. The molecule has 1 amide bonds. The van der Waals surface area contributed by atoms with Gasteiger partial charge in [-0.25, -0.2) is 4.98 Å². The van der Waals surface area contributed by atoms with Crippen LogP contribution in [0.15, 0.2) is 41.3 Å². The summed E-state index contributed by atoms with van der Waals surface area (Å²) < 4.78 is 4.69. The number of hydrogen-bond donors (Lipinski definition) is 1. The minimum absolute atomic E-state index is 0.197. The molecule has 5 nitrogen and oxygen atoms in total. The molecule has 1 N–H and O–H groups in total. The predicted octanol–water partition coefficient (Wildman–Crippen LogP) is 1.80. The van der Waals surface area contributed by atoms with Crippen LogP contribution in [0.3, 0.4) is 0 Å². The fourth-order valence-electron chi connectivity index (χ4n) is 1.19. The molecule has 0 bridgehead atoms. The molecule has 0 spiro atoms. The molecule has 1 aromatic heterocycles. The van der Waals surface area contributed by atoms with E-state index in [0.717, 1.165) is 0 Å². The third-order valence-corrected chi connectivity index (χ3v) is 1.91. The zero-order valence-corrected chi connectivity index (χ0v) is 8.18. The molecular formula is C11H7N3O2. The molecule has 0 aliphatic carbocycles. The van der Waals surface area contributed by atoms with Gasteiger partial charge in [-0.15, -0.1) is 0 Å².